The van der Waals surface area contributed by atoms with Gasteiger partial charge in [-0.15, -0.1) is 40.6 Å². The van der Waals surface area contributed by atoms with Gasteiger partial charge < -0.3 is 9.19 Å². The van der Waals surface area contributed by atoms with Crippen molar-refractivity contribution in [1.82, 2.24) is 9.27 Å². The molecule has 4 nitrogen and oxygen atoms in total. The highest BCUT2D eigenvalue weighted by Crippen LogP contribution is 2.39. The van der Waals surface area contributed by atoms with Gasteiger partial charge >= 0.3 is 6.28 Å². The Labute approximate surface area is 338 Å². The maximum absolute atomic E-state index is 2.56. The summed E-state index contributed by atoms with van der Waals surface area (Å²) in [5.41, 5.74) is 17.7. The first kappa shape index (κ1) is 33.9. The minimum atomic E-state index is -1.13. The van der Waals surface area contributed by atoms with Crippen molar-refractivity contribution in [2.75, 3.05) is 0 Å². The van der Waals surface area contributed by atoms with Gasteiger partial charge in [0.05, 0.1) is 11.4 Å². The average Bonchev–Trinajstić information content (AvgIpc) is 4.07. The molecule has 11 rings (SSSR count). The highest BCUT2D eigenvalue weighted by atomic mass is 32.1. The quantitative estimate of drug-likeness (QED) is 0.119. The summed E-state index contributed by atoms with van der Waals surface area (Å²) in [6.45, 7) is 9.67. The highest BCUT2D eigenvalue weighted by molar-refractivity contribution is 7.18. The van der Waals surface area contributed by atoms with Crippen LogP contribution in [0, 0.1) is 0 Å². The third-order valence-electron chi connectivity index (χ3n) is 12.6. The Kier molecular flexibility index (Phi) is 7.45. The van der Waals surface area contributed by atoms with Gasteiger partial charge in [0.1, 0.15) is 5.69 Å². The fourth-order valence-electron chi connectivity index (χ4n) is 9.85. The standard InChI is InChI=1S/C50H42B2N4S/c1-51(2)41-31-39(25-27-43(41)53-45(35-17-9-5-10-18-35)33-47(55(51)53)37-21-13-7-14-22-37)49-29-30-50(57-49)40-26-28-44-42(32-40)52(3,4)56-48(38-23-15-8-16-24-38)34-46(54(44)56)36-19-11-6-12-20-36/h5-34H,1-4H3. The van der Waals surface area contributed by atoms with Crippen molar-refractivity contribution in [2.24, 2.45) is 0 Å². The van der Waals surface area contributed by atoms with E-state index in [1.165, 1.54) is 88.2 Å². The van der Waals surface area contributed by atoms with Crippen molar-refractivity contribution in [3.05, 3.63) is 182 Å². The first-order chi connectivity index (χ1) is 27.8. The fourth-order valence-corrected chi connectivity index (χ4v) is 10.8. The molecular formula is C50H42B2N4S. The van der Waals surface area contributed by atoms with Crippen LogP contribution in [0.5, 0.6) is 0 Å². The predicted molar refractivity (Wildman–Crippen MR) is 241 cm³/mol. The van der Waals surface area contributed by atoms with Gasteiger partial charge in [0.2, 0.25) is 5.69 Å². The number of nitrogens with zero attached hydrogens (tertiary/aromatic N) is 4. The number of benzene rings is 6. The van der Waals surface area contributed by atoms with E-state index >= 15 is 0 Å². The molecule has 274 valence electrons. The van der Waals surface area contributed by atoms with Crippen molar-refractivity contribution >= 4 is 34.8 Å². The molecule has 2 aliphatic rings. The zero-order valence-corrected chi connectivity index (χ0v) is 33.5. The van der Waals surface area contributed by atoms with Crippen LogP contribution in [0.25, 0.3) is 77.3 Å². The highest BCUT2D eigenvalue weighted by Gasteiger charge is 2.45. The first-order valence-corrected chi connectivity index (χ1v) is 21.1. The van der Waals surface area contributed by atoms with E-state index in [9.17, 15) is 0 Å². The van der Waals surface area contributed by atoms with Crippen LogP contribution in [-0.4, -0.2) is 21.8 Å². The van der Waals surface area contributed by atoms with Crippen LogP contribution < -0.4 is 20.2 Å². The molecule has 3 aromatic heterocycles. The molecule has 7 heteroatoms. The van der Waals surface area contributed by atoms with Gasteiger partial charge in [-0.3, -0.25) is 0 Å². The van der Waals surface area contributed by atoms with Gasteiger partial charge in [-0.2, -0.15) is 18.3 Å². The number of aromatic nitrogens is 4. The molecule has 9 aromatic rings. The Morgan fingerprint density at radius 1 is 0.439 bits per heavy atom. The normalized spacial score (nSPS) is 14.2. The summed E-state index contributed by atoms with van der Waals surface area (Å²) in [6, 6.07) is 66.9. The molecule has 0 fully saturated rings. The number of fused-ring (bicyclic) bond motifs is 6. The molecule has 0 N–H and O–H groups in total. The van der Waals surface area contributed by atoms with Crippen LogP contribution >= 0.6 is 11.3 Å². The van der Waals surface area contributed by atoms with Gasteiger partial charge in [0.15, 0.2) is 17.7 Å². The van der Waals surface area contributed by atoms with Crippen LogP contribution in [0.2, 0.25) is 27.3 Å². The van der Waals surface area contributed by atoms with Crippen molar-refractivity contribution in [3.8, 4) is 77.3 Å². The molecule has 0 atom stereocenters. The molecule has 2 aliphatic heterocycles. The molecular weight excluding hydrogens is 710 g/mol. The van der Waals surface area contributed by atoms with Crippen molar-refractivity contribution in [3.63, 3.8) is 0 Å². The molecule has 0 bridgehead atoms. The van der Waals surface area contributed by atoms with Crippen LogP contribution in [-0.2, 0) is 0 Å². The van der Waals surface area contributed by atoms with Crippen molar-refractivity contribution < 1.29 is 9.27 Å². The van der Waals surface area contributed by atoms with E-state index in [4.69, 9.17) is 0 Å². The zero-order chi connectivity index (χ0) is 38.5. The lowest BCUT2D eigenvalue weighted by Gasteiger charge is -2.25. The third kappa shape index (κ3) is 5.08. The second kappa shape index (κ2) is 12.5. The Bertz CT molecular complexity index is 2790. The minimum Gasteiger partial charge on any atom is -0.318 e. The number of rotatable bonds is 6. The fraction of sp³-hybridized carbons (Fsp3) is 0.0800. The van der Waals surface area contributed by atoms with Crippen molar-refractivity contribution in [2.45, 2.75) is 27.3 Å². The van der Waals surface area contributed by atoms with E-state index < -0.39 is 12.6 Å². The molecule has 0 saturated carbocycles. The molecule has 0 radical (unpaired) electrons. The summed E-state index contributed by atoms with van der Waals surface area (Å²) in [5.74, 6) is 0. The van der Waals surface area contributed by atoms with Crippen LogP contribution in [0.3, 0.4) is 0 Å². The molecule has 57 heavy (non-hydrogen) atoms. The second-order valence-corrected chi connectivity index (χ2v) is 18.0. The summed E-state index contributed by atoms with van der Waals surface area (Å²) in [4.78, 5) is 2.58. The Morgan fingerprint density at radius 2 is 0.930 bits per heavy atom. The second-order valence-electron chi connectivity index (χ2n) is 16.9. The van der Waals surface area contributed by atoms with Crippen LogP contribution in [0.15, 0.2) is 182 Å². The van der Waals surface area contributed by atoms with Crippen molar-refractivity contribution in [1.29, 1.82) is 0 Å². The van der Waals surface area contributed by atoms with E-state index in [0.717, 1.165) is 0 Å². The summed E-state index contributed by atoms with van der Waals surface area (Å²) in [6.07, 6.45) is -2.26. The lowest BCUT2D eigenvalue weighted by atomic mass is 9.35. The van der Waals surface area contributed by atoms with E-state index in [1.807, 2.05) is 11.3 Å². The Hall–Kier alpha value is -6.43. The van der Waals surface area contributed by atoms with E-state index in [2.05, 4.69) is 228 Å². The number of thiophene rings is 1. The molecule has 0 aliphatic carbocycles. The molecule has 0 unspecified atom stereocenters. The monoisotopic (exact) mass is 752 g/mol. The lowest BCUT2D eigenvalue weighted by Crippen LogP contribution is -2.66. The maximum Gasteiger partial charge on any atom is 0.328 e. The minimum absolute atomic E-state index is 1.13. The van der Waals surface area contributed by atoms with E-state index in [0.29, 0.717) is 0 Å². The van der Waals surface area contributed by atoms with E-state index in [-0.39, 0.29) is 0 Å². The number of hydrogen-bond acceptors (Lipinski definition) is 1. The summed E-state index contributed by atoms with van der Waals surface area (Å²) in [5, 5.41) is 0. The summed E-state index contributed by atoms with van der Waals surface area (Å²) in [7, 11) is 0. The number of hydrogen-bond donors (Lipinski definition) is 0. The SMILES string of the molecule is C[B-]1(C)c2cc(-c3ccc(-c4ccc5c(c4)[B-](C)(C)[n+]4c(-c6ccccc6)cc(-c6ccccc6)n4-5)s3)ccc2-[n+]2c(-c3ccccc3)cc(-c3ccccc3)n21. The third-order valence-corrected chi connectivity index (χ3v) is 13.8. The summed E-state index contributed by atoms with van der Waals surface area (Å²) < 4.78 is 10.0. The summed E-state index contributed by atoms with van der Waals surface area (Å²) >= 11 is 1.89. The van der Waals surface area contributed by atoms with Crippen LogP contribution in [0.1, 0.15) is 0 Å². The average molecular weight is 753 g/mol. The van der Waals surface area contributed by atoms with Crippen LogP contribution in [0.4, 0.5) is 0 Å². The molecule has 5 heterocycles. The lowest BCUT2D eigenvalue weighted by molar-refractivity contribution is -0.653. The Morgan fingerprint density at radius 3 is 1.53 bits per heavy atom. The van der Waals surface area contributed by atoms with Gasteiger partial charge in [-0.05, 0) is 65.2 Å². The Balaban J connectivity index is 0.988. The van der Waals surface area contributed by atoms with Gasteiger partial charge in [0.25, 0.3) is 0 Å². The molecule has 6 aromatic carbocycles. The predicted octanol–water partition coefficient (Wildman–Crippen LogP) is 10.5. The first-order valence-electron chi connectivity index (χ1n) is 20.2. The largest absolute Gasteiger partial charge is 0.328 e. The van der Waals surface area contributed by atoms with Gasteiger partial charge in [-0.25, -0.2) is 0 Å². The zero-order valence-electron chi connectivity index (χ0n) is 32.7. The molecule has 0 spiro atoms. The molecule has 0 saturated heterocycles. The van der Waals surface area contributed by atoms with Gasteiger partial charge in [-0.1, -0.05) is 115 Å². The van der Waals surface area contributed by atoms with E-state index in [1.54, 1.807) is 0 Å². The maximum atomic E-state index is 2.56. The van der Waals surface area contributed by atoms with Gasteiger partial charge in [0, 0.05) is 44.6 Å². The smallest absolute Gasteiger partial charge is 0.318 e. The topological polar surface area (TPSA) is 17.6 Å². The molecule has 0 amide bonds.